The number of carbonyl (C=O) groups is 2. The number of benzene rings is 2. The Morgan fingerprint density at radius 2 is 1.87 bits per heavy atom. The molecule has 2 aromatic rings. The molecule has 31 heavy (non-hydrogen) atoms. The third-order valence-corrected chi connectivity index (χ3v) is 5.18. The first kappa shape index (κ1) is 24.1. The number of para-hydroxylation sites is 1. The highest BCUT2D eigenvalue weighted by atomic mass is 16.6. The highest BCUT2D eigenvalue weighted by Gasteiger charge is 2.29. The molecule has 0 aliphatic heterocycles. The number of hydrogen-bond acceptors (Lipinski definition) is 4. The highest BCUT2D eigenvalue weighted by molar-refractivity contribution is 5.88. The minimum absolute atomic E-state index is 0.0909. The second kappa shape index (κ2) is 11.8. The van der Waals surface area contributed by atoms with Gasteiger partial charge in [0, 0.05) is 24.7 Å². The molecule has 1 atom stereocenters. The lowest BCUT2D eigenvalue weighted by Crippen LogP contribution is -2.49. The largest absolute Gasteiger partial charge is 0.354 e. The van der Waals surface area contributed by atoms with Crippen LogP contribution in [-0.4, -0.2) is 34.2 Å². The fraction of sp³-hybridized carbons (Fsp3) is 0.417. The van der Waals surface area contributed by atoms with Crippen LogP contribution < -0.4 is 5.32 Å². The van der Waals surface area contributed by atoms with Gasteiger partial charge >= 0.3 is 0 Å². The van der Waals surface area contributed by atoms with E-state index in [4.69, 9.17) is 0 Å². The average Bonchev–Trinajstić information content (AvgIpc) is 2.74. The summed E-state index contributed by atoms with van der Waals surface area (Å²) in [6, 6.07) is 13.4. The summed E-state index contributed by atoms with van der Waals surface area (Å²) in [7, 11) is 0. The summed E-state index contributed by atoms with van der Waals surface area (Å²) in [6.45, 7) is 6.70. The molecule has 1 N–H and O–H groups in total. The zero-order valence-electron chi connectivity index (χ0n) is 18.5. The predicted octanol–water partition coefficient (Wildman–Crippen LogP) is 4.17. The molecule has 0 bridgehead atoms. The first-order valence-corrected chi connectivity index (χ1v) is 10.7. The number of aryl methyl sites for hydroxylation is 1. The van der Waals surface area contributed by atoms with Crippen molar-refractivity contribution in [3.63, 3.8) is 0 Å². The first-order chi connectivity index (χ1) is 14.9. The zero-order chi connectivity index (χ0) is 22.8. The Labute approximate surface area is 183 Å². The Bertz CT molecular complexity index is 913. The fourth-order valence-electron chi connectivity index (χ4n) is 3.54. The number of hydrogen-bond donors (Lipinski definition) is 1. The van der Waals surface area contributed by atoms with E-state index in [1.165, 1.54) is 6.07 Å². The molecule has 0 radical (unpaired) electrons. The van der Waals surface area contributed by atoms with Gasteiger partial charge in [-0.05, 0) is 25.3 Å². The second-order valence-corrected chi connectivity index (χ2v) is 7.64. The van der Waals surface area contributed by atoms with E-state index in [0.29, 0.717) is 18.5 Å². The number of nitrogens with one attached hydrogen (secondary N) is 1. The van der Waals surface area contributed by atoms with Crippen molar-refractivity contribution in [2.24, 2.45) is 0 Å². The minimum atomic E-state index is -0.646. The number of amides is 2. The van der Waals surface area contributed by atoms with Crippen molar-refractivity contribution < 1.29 is 14.5 Å². The summed E-state index contributed by atoms with van der Waals surface area (Å²) in [4.78, 5) is 38.6. The number of nitro groups is 1. The standard InChI is InChI=1S/C24H31N3O4/c1-4-6-14-25-24(29)21(5-2)26(17-19-11-9-10-18(3)15-19)23(28)16-20-12-7-8-13-22(20)27(30)31/h7-13,15,21H,4-6,14,16-17H2,1-3H3,(H,25,29)/t21-/m0/s1. The van der Waals surface area contributed by atoms with Crippen LogP contribution in [0, 0.1) is 17.0 Å². The van der Waals surface area contributed by atoms with Gasteiger partial charge in [-0.1, -0.05) is 68.3 Å². The SMILES string of the molecule is CCCCNC(=O)[C@H](CC)N(Cc1cccc(C)c1)C(=O)Cc1ccccc1[N+](=O)[O-]. The summed E-state index contributed by atoms with van der Waals surface area (Å²) >= 11 is 0. The molecule has 0 saturated heterocycles. The number of nitrogens with zero attached hydrogens (tertiary/aromatic N) is 2. The Morgan fingerprint density at radius 1 is 1.13 bits per heavy atom. The van der Waals surface area contributed by atoms with E-state index in [1.54, 1.807) is 23.1 Å². The number of carbonyl (C=O) groups excluding carboxylic acids is 2. The van der Waals surface area contributed by atoms with Gasteiger partial charge in [-0.2, -0.15) is 0 Å². The van der Waals surface area contributed by atoms with Gasteiger partial charge in [0.2, 0.25) is 11.8 Å². The molecular formula is C24H31N3O4. The van der Waals surface area contributed by atoms with E-state index in [-0.39, 0.29) is 30.5 Å². The van der Waals surface area contributed by atoms with E-state index in [0.717, 1.165) is 24.0 Å². The van der Waals surface area contributed by atoms with Crippen LogP contribution in [0.25, 0.3) is 0 Å². The van der Waals surface area contributed by atoms with Crippen molar-refractivity contribution in [1.82, 2.24) is 10.2 Å². The number of unbranched alkanes of at least 4 members (excludes halogenated alkanes) is 1. The van der Waals surface area contributed by atoms with Crippen molar-refractivity contribution in [2.75, 3.05) is 6.54 Å². The van der Waals surface area contributed by atoms with Gasteiger partial charge in [0.1, 0.15) is 6.04 Å². The maximum Gasteiger partial charge on any atom is 0.273 e. The third-order valence-electron chi connectivity index (χ3n) is 5.18. The minimum Gasteiger partial charge on any atom is -0.354 e. The molecule has 0 spiro atoms. The molecule has 0 saturated carbocycles. The van der Waals surface area contributed by atoms with Crippen LogP contribution in [0.1, 0.15) is 49.8 Å². The summed E-state index contributed by atoms with van der Waals surface area (Å²) in [5.41, 5.74) is 2.22. The van der Waals surface area contributed by atoms with E-state index in [2.05, 4.69) is 5.32 Å². The van der Waals surface area contributed by atoms with Crippen LogP contribution in [0.3, 0.4) is 0 Å². The summed E-state index contributed by atoms with van der Waals surface area (Å²) in [5.74, 6) is -0.507. The van der Waals surface area contributed by atoms with Crippen LogP contribution in [0.15, 0.2) is 48.5 Å². The van der Waals surface area contributed by atoms with Crippen LogP contribution in [-0.2, 0) is 22.6 Å². The Hall–Kier alpha value is -3.22. The van der Waals surface area contributed by atoms with Crippen molar-refractivity contribution in [3.8, 4) is 0 Å². The van der Waals surface area contributed by atoms with Gasteiger partial charge in [0.05, 0.1) is 11.3 Å². The van der Waals surface area contributed by atoms with Crippen molar-refractivity contribution in [1.29, 1.82) is 0 Å². The van der Waals surface area contributed by atoms with Gasteiger partial charge in [0.15, 0.2) is 0 Å². The Kier molecular flexibility index (Phi) is 9.18. The van der Waals surface area contributed by atoms with Crippen molar-refractivity contribution >= 4 is 17.5 Å². The van der Waals surface area contributed by atoms with Crippen LogP contribution in [0.5, 0.6) is 0 Å². The van der Waals surface area contributed by atoms with Crippen LogP contribution in [0.4, 0.5) is 5.69 Å². The van der Waals surface area contributed by atoms with E-state index in [9.17, 15) is 19.7 Å². The van der Waals surface area contributed by atoms with E-state index in [1.807, 2.05) is 45.0 Å². The lowest BCUT2D eigenvalue weighted by Gasteiger charge is -2.31. The molecule has 7 nitrogen and oxygen atoms in total. The number of rotatable bonds is 11. The van der Waals surface area contributed by atoms with Crippen LogP contribution >= 0.6 is 0 Å². The van der Waals surface area contributed by atoms with Gasteiger partial charge in [-0.25, -0.2) is 0 Å². The molecule has 0 unspecified atom stereocenters. The Morgan fingerprint density at radius 3 is 2.52 bits per heavy atom. The molecular weight excluding hydrogens is 394 g/mol. The molecule has 0 aliphatic carbocycles. The molecule has 0 aromatic heterocycles. The highest BCUT2D eigenvalue weighted by Crippen LogP contribution is 2.21. The average molecular weight is 426 g/mol. The lowest BCUT2D eigenvalue weighted by atomic mass is 10.0. The normalized spacial score (nSPS) is 11.6. The Balaban J connectivity index is 2.32. The van der Waals surface area contributed by atoms with Gasteiger partial charge in [0.25, 0.3) is 5.69 Å². The topological polar surface area (TPSA) is 92.6 Å². The third kappa shape index (κ3) is 6.91. The maximum atomic E-state index is 13.3. The van der Waals surface area contributed by atoms with Crippen molar-refractivity contribution in [3.05, 3.63) is 75.3 Å². The zero-order valence-corrected chi connectivity index (χ0v) is 18.5. The molecule has 166 valence electrons. The lowest BCUT2D eigenvalue weighted by molar-refractivity contribution is -0.385. The molecule has 0 aliphatic rings. The quantitative estimate of drug-likeness (QED) is 0.332. The molecule has 2 rings (SSSR count). The van der Waals surface area contributed by atoms with Gasteiger partial charge in [-0.15, -0.1) is 0 Å². The monoisotopic (exact) mass is 425 g/mol. The van der Waals surface area contributed by atoms with E-state index >= 15 is 0 Å². The van der Waals surface area contributed by atoms with Crippen LogP contribution in [0.2, 0.25) is 0 Å². The van der Waals surface area contributed by atoms with E-state index < -0.39 is 11.0 Å². The van der Waals surface area contributed by atoms with Crippen molar-refractivity contribution in [2.45, 2.75) is 59.0 Å². The molecule has 0 heterocycles. The molecule has 7 heteroatoms. The molecule has 2 amide bonds. The first-order valence-electron chi connectivity index (χ1n) is 10.7. The van der Waals surface area contributed by atoms with Gasteiger partial charge in [-0.3, -0.25) is 19.7 Å². The maximum absolute atomic E-state index is 13.3. The molecule has 0 fully saturated rings. The van der Waals surface area contributed by atoms with Gasteiger partial charge < -0.3 is 10.2 Å². The predicted molar refractivity (Wildman–Crippen MR) is 121 cm³/mol. The smallest absolute Gasteiger partial charge is 0.273 e. The summed E-state index contributed by atoms with van der Waals surface area (Å²) in [6.07, 6.45) is 2.14. The second-order valence-electron chi connectivity index (χ2n) is 7.64. The fourth-order valence-corrected chi connectivity index (χ4v) is 3.54. The summed E-state index contributed by atoms with van der Waals surface area (Å²) in [5, 5.41) is 14.3. The number of nitro benzene ring substituents is 1. The molecule has 2 aromatic carbocycles. The summed E-state index contributed by atoms with van der Waals surface area (Å²) < 4.78 is 0.